The number of likely N-dealkylation sites (tertiary alicyclic amines) is 1. The van der Waals surface area contributed by atoms with Crippen LogP contribution in [0.15, 0.2) is 34.2 Å². The van der Waals surface area contributed by atoms with Crippen LogP contribution >= 0.6 is 0 Å². The van der Waals surface area contributed by atoms with Crippen LogP contribution in [-0.2, 0) is 19.6 Å². The highest BCUT2D eigenvalue weighted by Crippen LogP contribution is 2.24. The number of benzene rings is 1. The standard InChI is InChI=1S/C24H36N4O5S/c1-16(2)28(23(30)33-24(4,5)6)15-18-10-9-13-27(14-18)22(29)17(3)25-21-19-11-7-8-12-20(19)34(31,32)26-21/h7-8,11-12,16-18H,9-10,13-15H2,1-6H3,(H,25,26)/t17-,18?/m0/s1. The van der Waals surface area contributed by atoms with Crippen molar-refractivity contribution >= 4 is 27.9 Å². The van der Waals surface area contributed by atoms with Crippen molar-refractivity contribution in [3.63, 3.8) is 0 Å². The molecule has 2 aliphatic rings. The molecule has 1 aromatic carbocycles. The van der Waals surface area contributed by atoms with Gasteiger partial charge in [0.2, 0.25) is 5.91 Å². The lowest BCUT2D eigenvalue weighted by Crippen LogP contribution is -2.49. The first-order chi connectivity index (χ1) is 15.8. The van der Waals surface area contributed by atoms with E-state index in [9.17, 15) is 18.0 Å². The number of sulfonamides is 1. The van der Waals surface area contributed by atoms with E-state index in [1.807, 2.05) is 34.6 Å². The second-order valence-corrected chi connectivity index (χ2v) is 11.9. The summed E-state index contributed by atoms with van der Waals surface area (Å²) >= 11 is 0. The fourth-order valence-electron chi connectivity index (χ4n) is 4.25. The fourth-order valence-corrected chi connectivity index (χ4v) is 5.49. The molecule has 2 aliphatic heterocycles. The van der Waals surface area contributed by atoms with Gasteiger partial charge in [0.1, 0.15) is 17.5 Å². The molecule has 1 N–H and O–H groups in total. The van der Waals surface area contributed by atoms with Crippen molar-refractivity contribution in [2.24, 2.45) is 10.9 Å². The van der Waals surface area contributed by atoms with Crippen molar-refractivity contribution in [2.45, 2.75) is 77.0 Å². The van der Waals surface area contributed by atoms with Crippen LogP contribution in [0.5, 0.6) is 0 Å². The molecule has 188 valence electrons. The molecule has 1 fully saturated rings. The number of amides is 2. The molecule has 2 heterocycles. The van der Waals surface area contributed by atoms with Gasteiger partial charge in [0.15, 0.2) is 0 Å². The Morgan fingerprint density at radius 1 is 1.24 bits per heavy atom. The van der Waals surface area contributed by atoms with E-state index < -0.39 is 21.7 Å². The Hall–Kier alpha value is -2.62. The average molecular weight is 493 g/mol. The molecule has 0 bridgehead atoms. The zero-order valence-corrected chi connectivity index (χ0v) is 21.7. The maximum atomic E-state index is 13.2. The highest BCUT2D eigenvalue weighted by atomic mass is 32.2. The Morgan fingerprint density at radius 2 is 1.91 bits per heavy atom. The van der Waals surface area contributed by atoms with E-state index in [1.54, 1.807) is 34.9 Å². The molecule has 2 atom stereocenters. The molecule has 10 heteroatoms. The molecule has 1 saturated heterocycles. The van der Waals surface area contributed by atoms with Gasteiger partial charge in [-0.25, -0.2) is 13.2 Å². The van der Waals surface area contributed by atoms with Gasteiger partial charge in [-0.2, -0.15) is 0 Å². The minimum atomic E-state index is -3.66. The van der Waals surface area contributed by atoms with E-state index in [0.717, 1.165) is 12.8 Å². The lowest BCUT2D eigenvalue weighted by molar-refractivity contribution is -0.134. The Balaban J connectivity index is 1.68. The summed E-state index contributed by atoms with van der Waals surface area (Å²) in [7, 11) is -3.66. The van der Waals surface area contributed by atoms with Crippen LogP contribution in [0.1, 0.15) is 59.9 Å². The highest BCUT2D eigenvalue weighted by Gasteiger charge is 2.34. The van der Waals surface area contributed by atoms with Crippen LogP contribution in [0.4, 0.5) is 4.79 Å². The Kier molecular flexibility index (Phi) is 7.59. The minimum absolute atomic E-state index is 0.0262. The molecular weight excluding hydrogens is 456 g/mol. The predicted molar refractivity (Wildman–Crippen MR) is 130 cm³/mol. The van der Waals surface area contributed by atoms with E-state index in [1.165, 1.54) is 6.07 Å². The monoisotopic (exact) mass is 492 g/mol. The number of fused-ring (bicyclic) bond motifs is 1. The van der Waals surface area contributed by atoms with E-state index in [4.69, 9.17) is 4.74 Å². The number of piperidine rings is 1. The summed E-state index contributed by atoms with van der Waals surface area (Å²) in [5.74, 6) is 0.160. The van der Waals surface area contributed by atoms with Crippen molar-refractivity contribution in [2.75, 3.05) is 19.6 Å². The number of amidine groups is 1. The Morgan fingerprint density at radius 3 is 2.56 bits per heavy atom. The Bertz CT molecular complexity index is 1060. The number of carbonyl (C=O) groups is 2. The van der Waals surface area contributed by atoms with Gasteiger partial charge in [0.05, 0.1) is 4.90 Å². The fraction of sp³-hybridized carbons (Fsp3) is 0.625. The Labute approximate surface area is 202 Å². The number of hydrogen-bond acceptors (Lipinski definition) is 6. The summed E-state index contributed by atoms with van der Waals surface area (Å²) in [5.41, 5.74) is -0.100. The van der Waals surface area contributed by atoms with Gasteiger partial charge >= 0.3 is 6.09 Å². The van der Waals surface area contributed by atoms with Crippen LogP contribution in [-0.4, -0.2) is 73.4 Å². The first-order valence-corrected chi connectivity index (χ1v) is 13.2. The second-order valence-electron chi connectivity index (χ2n) is 10.3. The summed E-state index contributed by atoms with van der Waals surface area (Å²) in [6, 6.07) is 5.82. The van der Waals surface area contributed by atoms with Gasteiger partial charge in [-0.05, 0) is 72.4 Å². The SMILES string of the molecule is CC(C)N(CC1CCCN(C(=O)[C@H](C)N=C2NS(=O)(=O)c3ccccc32)C1)C(=O)OC(C)(C)C. The molecule has 9 nitrogen and oxygen atoms in total. The molecule has 0 aromatic heterocycles. The molecule has 0 radical (unpaired) electrons. The molecule has 2 amide bonds. The predicted octanol–water partition coefficient (Wildman–Crippen LogP) is 3.00. The van der Waals surface area contributed by atoms with Crippen LogP contribution in [0.2, 0.25) is 0 Å². The first-order valence-electron chi connectivity index (χ1n) is 11.8. The lowest BCUT2D eigenvalue weighted by Gasteiger charge is -2.38. The van der Waals surface area contributed by atoms with Crippen LogP contribution < -0.4 is 4.72 Å². The van der Waals surface area contributed by atoms with Gasteiger partial charge in [-0.1, -0.05) is 12.1 Å². The number of carbonyl (C=O) groups excluding carboxylic acids is 2. The molecule has 0 aliphatic carbocycles. The first kappa shape index (κ1) is 26.0. The largest absolute Gasteiger partial charge is 0.444 e. The molecule has 1 unspecified atom stereocenters. The number of ether oxygens (including phenoxy) is 1. The van der Waals surface area contributed by atoms with Gasteiger partial charge in [0.25, 0.3) is 10.0 Å². The quantitative estimate of drug-likeness (QED) is 0.680. The summed E-state index contributed by atoms with van der Waals surface area (Å²) in [5, 5.41) is 0. The van der Waals surface area contributed by atoms with Crippen LogP contribution in [0.3, 0.4) is 0 Å². The zero-order chi connectivity index (χ0) is 25.3. The highest BCUT2D eigenvalue weighted by molar-refractivity contribution is 7.90. The van der Waals surface area contributed by atoms with Crippen molar-refractivity contribution < 1.29 is 22.7 Å². The molecule has 0 saturated carbocycles. The summed E-state index contributed by atoms with van der Waals surface area (Å²) < 4.78 is 32.7. The van der Waals surface area contributed by atoms with Gasteiger partial charge in [-0.15, -0.1) is 0 Å². The third kappa shape index (κ3) is 6.08. The van der Waals surface area contributed by atoms with Crippen molar-refractivity contribution in [3.8, 4) is 0 Å². The molecule has 34 heavy (non-hydrogen) atoms. The van der Waals surface area contributed by atoms with Gasteiger partial charge in [-0.3, -0.25) is 14.5 Å². The molecule has 3 rings (SSSR count). The number of hydrogen-bond donors (Lipinski definition) is 1. The van der Waals surface area contributed by atoms with Gasteiger partial charge < -0.3 is 14.5 Å². The van der Waals surface area contributed by atoms with Crippen molar-refractivity contribution in [3.05, 3.63) is 29.8 Å². The third-order valence-electron chi connectivity index (χ3n) is 5.88. The van der Waals surface area contributed by atoms with Crippen molar-refractivity contribution in [1.82, 2.24) is 14.5 Å². The van der Waals surface area contributed by atoms with Crippen molar-refractivity contribution in [1.29, 1.82) is 0 Å². The lowest BCUT2D eigenvalue weighted by atomic mass is 9.96. The number of nitrogens with zero attached hydrogens (tertiary/aromatic N) is 3. The van der Waals surface area contributed by atoms with E-state index in [-0.39, 0.29) is 34.7 Å². The smallest absolute Gasteiger partial charge is 0.410 e. The van der Waals surface area contributed by atoms with Crippen LogP contribution in [0, 0.1) is 5.92 Å². The minimum Gasteiger partial charge on any atom is -0.444 e. The topological polar surface area (TPSA) is 108 Å². The van der Waals surface area contributed by atoms with E-state index in [0.29, 0.717) is 25.2 Å². The van der Waals surface area contributed by atoms with Gasteiger partial charge in [0, 0.05) is 31.2 Å². The van der Waals surface area contributed by atoms with E-state index in [2.05, 4.69) is 9.71 Å². The molecule has 1 aromatic rings. The maximum Gasteiger partial charge on any atom is 0.410 e. The molecular formula is C24H36N4O5S. The number of rotatable bonds is 5. The summed E-state index contributed by atoms with van der Waals surface area (Å²) in [4.78, 5) is 34.0. The maximum absolute atomic E-state index is 13.2. The van der Waals surface area contributed by atoms with E-state index >= 15 is 0 Å². The third-order valence-corrected chi connectivity index (χ3v) is 7.28. The van der Waals surface area contributed by atoms with Crippen LogP contribution in [0.25, 0.3) is 0 Å². The average Bonchev–Trinajstić information content (AvgIpc) is 3.00. The number of nitrogens with one attached hydrogen (secondary N) is 1. The normalized spacial score (nSPS) is 21.7. The molecule has 0 spiro atoms. The zero-order valence-electron chi connectivity index (χ0n) is 20.9. The summed E-state index contributed by atoms with van der Waals surface area (Å²) in [6.45, 7) is 12.7. The second kappa shape index (κ2) is 9.93. The summed E-state index contributed by atoms with van der Waals surface area (Å²) in [6.07, 6.45) is 1.39. The number of aliphatic imine (C=N–C) groups is 1.